The zero-order valence-electron chi connectivity index (χ0n) is 14.9. The molecule has 1 aromatic heterocycles. The van der Waals surface area contributed by atoms with Crippen LogP contribution >= 0.6 is 0 Å². The molecule has 1 atom stereocenters. The lowest BCUT2D eigenvalue weighted by molar-refractivity contribution is -0.138. The van der Waals surface area contributed by atoms with Crippen molar-refractivity contribution in [1.29, 1.82) is 0 Å². The molecule has 27 heavy (non-hydrogen) atoms. The van der Waals surface area contributed by atoms with Gasteiger partial charge in [0.25, 0.3) is 5.91 Å². The minimum absolute atomic E-state index is 0.0109. The quantitative estimate of drug-likeness (QED) is 0.738. The summed E-state index contributed by atoms with van der Waals surface area (Å²) in [6.45, 7) is 3.45. The molecule has 2 rings (SSSR count). The molecule has 2 aromatic rings. The van der Waals surface area contributed by atoms with E-state index in [1.165, 1.54) is 18.4 Å². The van der Waals surface area contributed by atoms with E-state index in [0.717, 1.165) is 12.1 Å². The summed E-state index contributed by atoms with van der Waals surface area (Å²) in [5.74, 6) is -1.72. The molecule has 0 aliphatic carbocycles. The lowest BCUT2D eigenvalue weighted by Crippen LogP contribution is -2.30. The average Bonchev–Trinajstić information content (AvgIpc) is 2.93. The van der Waals surface area contributed by atoms with Gasteiger partial charge in [-0.15, -0.1) is 0 Å². The van der Waals surface area contributed by atoms with E-state index in [1.807, 2.05) is 6.92 Å². The number of hydrogen-bond acceptors (Lipinski definition) is 3. The first kappa shape index (κ1) is 20.5. The van der Waals surface area contributed by atoms with Crippen molar-refractivity contribution in [3.8, 4) is 0 Å². The van der Waals surface area contributed by atoms with Crippen LogP contribution in [0.25, 0.3) is 0 Å². The van der Waals surface area contributed by atoms with E-state index < -0.39 is 36.1 Å². The maximum Gasteiger partial charge on any atom is 0.416 e. The summed E-state index contributed by atoms with van der Waals surface area (Å²) < 4.78 is 44.1. The molecule has 0 saturated carbocycles. The smallest absolute Gasteiger partial charge is 0.416 e. The maximum absolute atomic E-state index is 13.0. The largest absolute Gasteiger partial charge is 0.481 e. The molecule has 1 aromatic carbocycles. The lowest BCUT2D eigenvalue weighted by atomic mass is 9.99. The van der Waals surface area contributed by atoms with Crippen molar-refractivity contribution in [2.45, 2.75) is 45.3 Å². The lowest BCUT2D eigenvalue weighted by Gasteiger charge is -2.20. The van der Waals surface area contributed by atoms with Gasteiger partial charge >= 0.3 is 12.1 Å². The molecule has 1 heterocycles. The third kappa shape index (κ3) is 5.12. The van der Waals surface area contributed by atoms with Gasteiger partial charge in [-0.05, 0) is 31.0 Å². The van der Waals surface area contributed by atoms with E-state index in [9.17, 15) is 22.8 Å². The van der Waals surface area contributed by atoms with Gasteiger partial charge in [0.1, 0.15) is 12.2 Å². The number of nitrogens with one attached hydrogen (secondary N) is 1. The topological polar surface area (TPSA) is 79.5 Å². The maximum atomic E-state index is 13.0. The van der Waals surface area contributed by atoms with Gasteiger partial charge < -0.3 is 14.8 Å². The van der Waals surface area contributed by atoms with E-state index >= 15 is 0 Å². The third-order valence-electron chi connectivity index (χ3n) is 4.09. The van der Waals surface area contributed by atoms with Crippen molar-refractivity contribution < 1.29 is 32.3 Å². The summed E-state index contributed by atoms with van der Waals surface area (Å²) >= 11 is 0. The molecule has 1 unspecified atom stereocenters. The van der Waals surface area contributed by atoms with Crippen LogP contribution in [0, 0.1) is 6.92 Å². The van der Waals surface area contributed by atoms with Gasteiger partial charge in [0.05, 0.1) is 23.4 Å². The molecule has 5 nitrogen and oxygen atoms in total. The number of alkyl halides is 3. The first-order valence-corrected chi connectivity index (χ1v) is 8.40. The van der Waals surface area contributed by atoms with Crippen LogP contribution in [0.15, 0.2) is 34.9 Å². The summed E-state index contributed by atoms with van der Waals surface area (Å²) in [4.78, 5) is 23.6. The molecule has 0 saturated heterocycles. The molecule has 1 amide bonds. The van der Waals surface area contributed by atoms with Gasteiger partial charge in [-0.2, -0.15) is 13.2 Å². The molecule has 0 fully saturated rings. The minimum Gasteiger partial charge on any atom is -0.481 e. The van der Waals surface area contributed by atoms with E-state index in [2.05, 4.69) is 5.32 Å². The highest BCUT2D eigenvalue weighted by Crippen LogP contribution is 2.32. The molecular formula is C19H20F3NO4. The number of aryl methyl sites for hydroxylation is 1. The van der Waals surface area contributed by atoms with Gasteiger partial charge in [-0.25, -0.2) is 0 Å². The highest BCUT2D eigenvalue weighted by Gasteiger charge is 2.31. The number of carboxylic acid groups (broad SMARTS) is 1. The molecule has 146 valence electrons. The second-order valence-electron chi connectivity index (χ2n) is 6.23. The molecule has 0 aliphatic rings. The molecule has 0 bridgehead atoms. The first-order valence-electron chi connectivity index (χ1n) is 8.40. The predicted molar refractivity (Wildman–Crippen MR) is 91.3 cm³/mol. The summed E-state index contributed by atoms with van der Waals surface area (Å²) in [5, 5.41) is 11.6. The normalized spacial score (nSPS) is 12.6. The minimum atomic E-state index is -4.48. The number of carboxylic acids is 1. The van der Waals surface area contributed by atoms with Crippen LogP contribution in [0.5, 0.6) is 0 Å². The Bertz CT molecular complexity index is 827. The second-order valence-corrected chi connectivity index (χ2v) is 6.23. The Morgan fingerprint density at radius 1 is 1.30 bits per heavy atom. The van der Waals surface area contributed by atoms with Crippen LogP contribution in [0.3, 0.4) is 0 Å². The second kappa shape index (κ2) is 8.28. The van der Waals surface area contributed by atoms with Crippen LogP contribution in [-0.2, 0) is 17.4 Å². The zero-order valence-corrected chi connectivity index (χ0v) is 14.9. The van der Waals surface area contributed by atoms with Crippen molar-refractivity contribution >= 4 is 11.9 Å². The van der Waals surface area contributed by atoms with Gasteiger partial charge in [0.2, 0.25) is 0 Å². The van der Waals surface area contributed by atoms with Gasteiger partial charge in [-0.1, -0.05) is 25.5 Å². The van der Waals surface area contributed by atoms with Crippen LogP contribution in [0.1, 0.15) is 58.6 Å². The van der Waals surface area contributed by atoms with Gasteiger partial charge in [0.15, 0.2) is 0 Å². The zero-order chi connectivity index (χ0) is 20.2. The Balaban J connectivity index is 2.31. The Hall–Kier alpha value is -2.77. The molecule has 8 heteroatoms. The SMILES string of the molecule is CCCC(NC(=O)c1c(C)coc1CC(=O)O)c1cccc(C(F)(F)F)c1. The monoisotopic (exact) mass is 383 g/mol. The standard InChI is InChI=1S/C19H20F3NO4/c1-3-5-14(12-6-4-7-13(8-12)19(20,21)22)23-18(26)17-11(2)10-27-15(17)9-16(24)25/h4,6-8,10,14H,3,5,9H2,1-2H3,(H,23,26)(H,24,25). The Morgan fingerprint density at radius 3 is 2.59 bits per heavy atom. The Morgan fingerprint density at radius 2 is 2.00 bits per heavy atom. The molecular weight excluding hydrogens is 363 g/mol. The fraction of sp³-hybridized carbons (Fsp3) is 0.368. The highest BCUT2D eigenvalue weighted by atomic mass is 19.4. The summed E-state index contributed by atoms with van der Waals surface area (Å²) in [5.41, 5.74) is 0.107. The van der Waals surface area contributed by atoms with Crippen LogP contribution in [-0.4, -0.2) is 17.0 Å². The van der Waals surface area contributed by atoms with E-state index in [4.69, 9.17) is 9.52 Å². The Kier molecular flexibility index (Phi) is 6.30. The number of furan rings is 1. The van der Waals surface area contributed by atoms with E-state index in [-0.39, 0.29) is 11.3 Å². The molecule has 0 radical (unpaired) electrons. The first-order chi connectivity index (χ1) is 12.6. The number of halogens is 3. The summed E-state index contributed by atoms with van der Waals surface area (Å²) in [6.07, 6.45) is -2.59. The number of carbonyl (C=O) groups excluding carboxylic acids is 1. The van der Waals surface area contributed by atoms with Gasteiger partial charge in [0, 0.05) is 5.56 Å². The number of carbonyl (C=O) groups is 2. The number of rotatable bonds is 7. The van der Waals surface area contributed by atoms with E-state index in [0.29, 0.717) is 24.0 Å². The molecule has 0 spiro atoms. The number of hydrogen-bond donors (Lipinski definition) is 2. The predicted octanol–water partition coefficient (Wildman–Crippen LogP) is 4.51. The highest BCUT2D eigenvalue weighted by molar-refractivity contribution is 5.97. The molecule has 2 N–H and O–H groups in total. The molecule has 0 aliphatic heterocycles. The number of benzene rings is 1. The van der Waals surface area contributed by atoms with Crippen molar-refractivity contribution in [1.82, 2.24) is 5.32 Å². The van der Waals surface area contributed by atoms with Crippen molar-refractivity contribution in [2.24, 2.45) is 0 Å². The van der Waals surface area contributed by atoms with Crippen LogP contribution in [0.4, 0.5) is 13.2 Å². The number of amides is 1. The van der Waals surface area contributed by atoms with Crippen molar-refractivity contribution in [3.05, 3.63) is 58.5 Å². The average molecular weight is 383 g/mol. The third-order valence-corrected chi connectivity index (χ3v) is 4.09. The van der Waals surface area contributed by atoms with Crippen molar-refractivity contribution in [2.75, 3.05) is 0 Å². The Labute approximate surface area is 154 Å². The van der Waals surface area contributed by atoms with E-state index in [1.54, 1.807) is 6.92 Å². The van der Waals surface area contributed by atoms with Crippen LogP contribution in [0.2, 0.25) is 0 Å². The fourth-order valence-electron chi connectivity index (χ4n) is 2.84. The van der Waals surface area contributed by atoms with Crippen LogP contribution < -0.4 is 5.32 Å². The fourth-order valence-corrected chi connectivity index (χ4v) is 2.84. The number of aliphatic carboxylic acids is 1. The van der Waals surface area contributed by atoms with Crippen molar-refractivity contribution in [3.63, 3.8) is 0 Å². The summed E-state index contributed by atoms with van der Waals surface area (Å²) in [7, 11) is 0. The van der Waals surface area contributed by atoms with Gasteiger partial charge in [-0.3, -0.25) is 9.59 Å². The summed E-state index contributed by atoms with van der Waals surface area (Å²) in [6, 6.07) is 4.17.